The van der Waals surface area contributed by atoms with Crippen LogP contribution in [0.15, 0.2) is 35.3 Å². The van der Waals surface area contributed by atoms with Crippen molar-refractivity contribution < 1.29 is 38.7 Å². The first-order valence-electron chi connectivity index (χ1n) is 11.2. The second-order valence-corrected chi connectivity index (χ2v) is 8.08. The van der Waals surface area contributed by atoms with Gasteiger partial charge in [-0.15, -0.1) is 0 Å². The molecule has 13 nitrogen and oxygen atoms in total. The first-order chi connectivity index (χ1) is 17.3. The molecule has 1 amide bonds. The van der Waals surface area contributed by atoms with Crippen LogP contribution in [0.25, 0.3) is 0 Å². The molecule has 0 saturated carbocycles. The molecule has 3 N–H and O–H groups in total. The average molecular weight is 509 g/mol. The predicted octanol–water partition coefficient (Wildman–Crippen LogP) is 0.207. The van der Waals surface area contributed by atoms with Gasteiger partial charge in [0.25, 0.3) is 0 Å². The Balaban J connectivity index is 1.60. The van der Waals surface area contributed by atoms with Crippen LogP contribution in [0.2, 0.25) is 0 Å². The summed E-state index contributed by atoms with van der Waals surface area (Å²) in [4.78, 5) is 30.0. The number of hydrogen-bond donors (Lipinski definition) is 3. The van der Waals surface area contributed by atoms with E-state index in [9.17, 15) is 19.8 Å². The summed E-state index contributed by atoms with van der Waals surface area (Å²) in [5.74, 6) is 1.49. The van der Waals surface area contributed by atoms with Crippen LogP contribution in [0.1, 0.15) is 11.8 Å². The van der Waals surface area contributed by atoms with Gasteiger partial charge < -0.3 is 44.1 Å². The molecule has 0 aliphatic carbocycles. The molecule has 1 aromatic heterocycles. The third-order valence-electron chi connectivity index (χ3n) is 5.68. The maximum atomic E-state index is 12.6. The molecule has 1 aliphatic heterocycles. The number of ether oxygens (including phenoxy) is 5. The van der Waals surface area contributed by atoms with E-state index in [4.69, 9.17) is 23.7 Å². The fourth-order valence-corrected chi connectivity index (χ4v) is 3.57. The molecule has 2 unspecified atom stereocenters. The van der Waals surface area contributed by atoms with Gasteiger partial charge in [0.2, 0.25) is 0 Å². The van der Waals surface area contributed by atoms with Gasteiger partial charge in [-0.1, -0.05) is 6.07 Å². The summed E-state index contributed by atoms with van der Waals surface area (Å²) in [7, 11) is 6.15. The van der Waals surface area contributed by atoms with Gasteiger partial charge in [-0.2, -0.15) is 4.98 Å². The van der Waals surface area contributed by atoms with Crippen molar-refractivity contribution in [1.29, 1.82) is 0 Å². The minimum absolute atomic E-state index is 0.308. The number of aliphatic hydroxyl groups excluding tert-OH is 2. The molecule has 13 heteroatoms. The molecule has 198 valence electrons. The highest BCUT2D eigenvalue weighted by atomic mass is 16.6. The van der Waals surface area contributed by atoms with E-state index < -0.39 is 36.3 Å². The minimum Gasteiger partial charge on any atom is -0.493 e. The fraction of sp³-hybridized carbons (Fsp3) is 0.522. The quantitative estimate of drug-likeness (QED) is 0.382. The van der Waals surface area contributed by atoms with Crippen LogP contribution in [0, 0.1) is 0 Å². The number of rotatable bonds is 11. The molecule has 4 atom stereocenters. The normalized spacial score (nSPS) is 21.2. The van der Waals surface area contributed by atoms with Crippen molar-refractivity contribution in [2.75, 3.05) is 53.5 Å². The number of nitrogens with zero attached hydrogens (tertiary/aromatic N) is 3. The zero-order valence-electron chi connectivity index (χ0n) is 20.6. The lowest BCUT2D eigenvalue weighted by Gasteiger charge is -2.19. The molecular weight excluding hydrogens is 476 g/mol. The van der Waals surface area contributed by atoms with Crippen molar-refractivity contribution in [3.05, 3.63) is 46.5 Å². The minimum atomic E-state index is -1.43. The molecule has 1 aliphatic rings. The molecule has 1 fully saturated rings. The Morgan fingerprint density at radius 1 is 1.17 bits per heavy atom. The number of aliphatic hydroxyl groups is 2. The number of benzene rings is 1. The molecule has 0 spiro atoms. The van der Waals surface area contributed by atoms with E-state index in [1.54, 1.807) is 32.4 Å². The number of carbonyl (C=O) groups excluding carboxylic acids is 1. The van der Waals surface area contributed by atoms with Gasteiger partial charge in [-0.25, -0.2) is 9.59 Å². The van der Waals surface area contributed by atoms with Gasteiger partial charge in [0, 0.05) is 33.4 Å². The zero-order valence-corrected chi connectivity index (χ0v) is 20.6. The molecule has 0 radical (unpaired) electrons. The van der Waals surface area contributed by atoms with Gasteiger partial charge in [0.05, 0.1) is 20.8 Å². The largest absolute Gasteiger partial charge is 0.493 e. The highest BCUT2D eigenvalue weighted by molar-refractivity contribution is 5.67. The van der Waals surface area contributed by atoms with Gasteiger partial charge >= 0.3 is 11.8 Å². The Morgan fingerprint density at radius 3 is 2.58 bits per heavy atom. The van der Waals surface area contributed by atoms with Crippen LogP contribution in [0.3, 0.4) is 0 Å². The number of carbonyl (C=O) groups is 1. The lowest BCUT2D eigenvalue weighted by Crippen LogP contribution is -2.37. The monoisotopic (exact) mass is 508 g/mol. The van der Waals surface area contributed by atoms with E-state index in [1.807, 2.05) is 6.07 Å². The maximum Gasteiger partial charge on any atom is 0.409 e. The van der Waals surface area contributed by atoms with Crippen LogP contribution in [0.4, 0.5) is 10.6 Å². The molecule has 2 aromatic rings. The summed E-state index contributed by atoms with van der Waals surface area (Å²) < 4.78 is 27.3. The van der Waals surface area contributed by atoms with E-state index in [0.29, 0.717) is 37.0 Å². The highest BCUT2D eigenvalue weighted by Crippen LogP contribution is 2.29. The van der Waals surface area contributed by atoms with Gasteiger partial charge in [-0.3, -0.25) is 4.57 Å². The Bertz CT molecular complexity index is 1080. The van der Waals surface area contributed by atoms with Crippen LogP contribution >= 0.6 is 0 Å². The second-order valence-electron chi connectivity index (χ2n) is 8.08. The SMILES string of the molecule is COCCN(C)C(=O)OC[C@H]1O[C@@H](n2ccc(NCc3ccc(OC)c(OC)c3)nc2=O)C(O)C1O. The van der Waals surface area contributed by atoms with Crippen LogP contribution in [-0.2, 0) is 20.8 Å². The lowest BCUT2D eigenvalue weighted by molar-refractivity contribution is -0.0593. The molecule has 3 rings (SSSR count). The van der Waals surface area contributed by atoms with Gasteiger partial charge in [0.1, 0.15) is 30.7 Å². The number of amides is 1. The summed E-state index contributed by atoms with van der Waals surface area (Å²) >= 11 is 0. The van der Waals surface area contributed by atoms with Crippen LogP contribution in [-0.4, -0.2) is 97.2 Å². The maximum absolute atomic E-state index is 12.6. The van der Waals surface area contributed by atoms with Crippen molar-refractivity contribution in [2.24, 2.45) is 0 Å². The number of nitrogens with one attached hydrogen (secondary N) is 1. The van der Waals surface area contributed by atoms with Crippen molar-refractivity contribution in [2.45, 2.75) is 31.1 Å². The summed E-state index contributed by atoms with van der Waals surface area (Å²) in [6.07, 6.45) is -4.26. The Labute approximate surface area is 208 Å². The standard InChI is InChI=1S/C23H32N4O9/c1-26(9-10-32-2)23(31)35-13-17-19(28)20(29)21(36-17)27-8-7-18(25-22(27)30)24-12-14-5-6-15(33-3)16(11-14)34-4/h5-8,11,17,19-21,28-29H,9-10,12-13H2,1-4H3,(H,24,25,30)/t17-,19?,20?,21-/m1/s1. The van der Waals surface area contributed by atoms with Gasteiger partial charge in [-0.05, 0) is 23.8 Å². The lowest BCUT2D eigenvalue weighted by atomic mass is 10.1. The predicted molar refractivity (Wildman–Crippen MR) is 127 cm³/mol. The molecule has 1 aromatic carbocycles. The van der Waals surface area contributed by atoms with Crippen molar-refractivity contribution in [3.63, 3.8) is 0 Å². The van der Waals surface area contributed by atoms with Crippen LogP contribution < -0.4 is 20.5 Å². The third kappa shape index (κ3) is 6.43. The fourth-order valence-electron chi connectivity index (χ4n) is 3.57. The molecular formula is C23H32N4O9. The summed E-state index contributed by atoms with van der Waals surface area (Å²) in [5, 5.41) is 23.8. The zero-order chi connectivity index (χ0) is 26.2. The van der Waals surface area contributed by atoms with Crippen LogP contribution in [0.5, 0.6) is 11.5 Å². The Kier molecular flexibility index (Phi) is 9.47. The summed E-state index contributed by atoms with van der Waals surface area (Å²) in [5.41, 5.74) is 0.182. The second kappa shape index (κ2) is 12.5. The summed E-state index contributed by atoms with van der Waals surface area (Å²) in [6.45, 7) is 0.717. The van der Waals surface area contributed by atoms with Crippen molar-refractivity contribution in [3.8, 4) is 11.5 Å². The third-order valence-corrected chi connectivity index (χ3v) is 5.68. The molecule has 0 bridgehead atoms. The van der Waals surface area contributed by atoms with Gasteiger partial charge in [0.15, 0.2) is 17.7 Å². The molecule has 2 heterocycles. The number of likely N-dealkylation sites (N-methyl/N-ethyl adjacent to an activating group) is 1. The smallest absolute Gasteiger partial charge is 0.409 e. The average Bonchev–Trinajstić information content (AvgIpc) is 3.17. The van der Waals surface area contributed by atoms with E-state index in [1.165, 1.54) is 25.3 Å². The summed E-state index contributed by atoms with van der Waals surface area (Å²) in [6, 6.07) is 6.97. The van der Waals surface area contributed by atoms with E-state index in [2.05, 4.69) is 10.3 Å². The first-order valence-corrected chi connectivity index (χ1v) is 11.2. The Hall–Kier alpha value is -3.39. The van der Waals surface area contributed by atoms with Crippen molar-refractivity contribution in [1.82, 2.24) is 14.5 Å². The highest BCUT2D eigenvalue weighted by Gasteiger charge is 2.44. The molecule has 36 heavy (non-hydrogen) atoms. The number of methoxy groups -OCH3 is 3. The molecule has 1 saturated heterocycles. The first kappa shape index (κ1) is 27.2. The van der Waals surface area contributed by atoms with E-state index in [0.717, 1.165) is 10.1 Å². The van der Waals surface area contributed by atoms with Crippen molar-refractivity contribution >= 4 is 11.9 Å². The number of anilines is 1. The number of hydrogen-bond acceptors (Lipinski definition) is 11. The Morgan fingerprint density at radius 2 is 1.92 bits per heavy atom. The van der Waals surface area contributed by atoms with E-state index in [-0.39, 0.29) is 6.61 Å². The number of aromatic nitrogens is 2. The van der Waals surface area contributed by atoms with E-state index >= 15 is 0 Å². The topological polar surface area (TPSA) is 154 Å².